The molecule has 0 atom stereocenters. The number of hydrogen-bond donors (Lipinski definition) is 0. The molecule has 1 aromatic rings. The number of aromatic nitrogens is 2. The van der Waals surface area contributed by atoms with Crippen molar-refractivity contribution in [3.63, 3.8) is 0 Å². The van der Waals surface area contributed by atoms with Gasteiger partial charge in [0.25, 0.3) is 0 Å². The van der Waals surface area contributed by atoms with E-state index in [1.807, 2.05) is 19.9 Å². The first kappa shape index (κ1) is 14.1. The summed E-state index contributed by atoms with van der Waals surface area (Å²) in [6.45, 7) is 5.16. The number of likely N-dealkylation sites (tertiary alicyclic amines) is 1. The van der Waals surface area contributed by atoms with Crippen molar-refractivity contribution in [2.45, 2.75) is 32.8 Å². The molecule has 0 radical (unpaired) electrons. The molecule has 1 aromatic heterocycles. The Morgan fingerprint density at radius 2 is 2.11 bits per heavy atom. The zero-order valence-electron chi connectivity index (χ0n) is 11.2. The highest BCUT2D eigenvalue weighted by Crippen LogP contribution is 2.18. The maximum absolute atomic E-state index is 11.5. The number of amides is 1. The second kappa shape index (κ2) is 6.19. The summed E-state index contributed by atoms with van der Waals surface area (Å²) in [6.07, 6.45) is 1.73. The summed E-state index contributed by atoms with van der Waals surface area (Å²) in [4.78, 5) is 21.7. The SMILES string of the molecule is Cc1cc(OC2CCN(C(=O)CCl)CC2)nc(C)n1. The van der Waals surface area contributed by atoms with Gasteiger partial charge in [0.1, 0.15) is 17.8 Å². The number of alkyl halides is 1. The predicted molar refractivity (Wildman–Crippen MR) is 72.5 cm³/mol. The van der Waals surface area contributed by atoms with Crippen molar-refractivity contribution in [3.8, 4) is 5.88 Å². The van der Waals surface area contributed by atoms with Gasteiger partial charge in [-0.25, -0.2) is 4.98 Å². The molecule has 0 N–H and O–H groups in total. The Morgan fingerprint density at radius 1 is 1.42 bits per heavy atom. The monoisotopic (exact) mass is 283 g/mol. The van der Waals surface area contributed by atoms with Gasteiger partial charge < -0.3 is 9.64 Å². The highest BCUT2D eigenvalue weighted by atomic mass is 35.5. The van der Waals surface area contributed by atoms with E-state index in [1.165, 1.54) is 0 Å². The van der Waals surface area contributed by atoms with Crippen LogP contribution in [0.15, 0.2) is 6.07 Å². The first-order chi connectivity index (χ1) is 9.08. The molecule has 5 nitrogen and oxygen atoms in total. The lowest BCUT2D eigenvalue weighted by molar-refractivity contribution is -0.130. The number of aryl methyl sites for hydroxylation is 2. The molecule has 1 fully saturated rings. The highest BCUT2D eigenvalue weighted by molar-refractivity contribution is 6.27. The molecule has 19 heavy (non-hydrogen) atoms. The fraction of sp³-hybridized carbons (Fsp3) is 0.615. The van der Waals surface area contributed by atoms with Crippen LogP contribution in [0.3, 0.4) is 0 Å². The van der Waals surface area contributed by atoms with Crippen LogP contribution in [0.1, 0.15) is 24.4 Å². The Bertz CT molecular complexity index is 439. The van der Waals surface area contributed by atoms with Crippen LogP contribution in [0, 0.1) is 13.8 Å². The summed E-state index contributed by atoms with van der Waals surface area (Å²) < 4.78 is 5.86. The molecule has 2 rings (SSSR count). The van der Waals surface area contributed by atoms with Crippen LogP contribution in [0.2, 0.25) is 0 Å². The molecule has 1 aliphatic heterocycles. The fourth-order valence-electron chi connectivity index (χ4n) is 2.22. The molecule has 0 spiro atoms. The minimum atomic E-state index is -0.00570. The molecule has 6 heteroatoms. The second-order valence-electron chi connectivity index (χ2n) is 4.73. The maximum atomic E-state index is 11.5. The summed E-state index contributed by atoms with van der Waals surface area (Å²) in [6, 6.07) is 1.84. The number of carbonyl (C=O) groups excluding carboxylic acids is 1. The van der Waals surface area contributed by atoms with E-state index in [4.69, 9.17) is 16.3 Å². The van der Waals surface area contributed by atoms with Crippen LogP contribution in [-0.2, 0) is 4.79 Å². The number of nitrogens with zero attached hydrogens (tertiary/aromatic N) is 3. The smallest absolute Gasteiger partial charge is 0.237 e. The second-order valence-corrected chi connectivity index (χ2v) is 4.99. The molecule has 1 amide bonds. The van der Waals surface area contributed by atoms with Crippen LogP contribution < -0.4 is 4.74 Å². The lowest BCUT2D eigenvalue weighted by Crippen LogP contribution is -2.42. The fourth-order valence-corrected chi connectivity index (χ4v) is 2.39. The van der Waals surface area contributed by atoms with E-state index in [9.17, 15) is 4.79 Å². The Kier molecular flexibility index (Phi) is 4.58. The molecule has 0 saturated carbocycles. The standard InChI is InChI=1S/C13H18ClN3O2/c1-9-7-12(16-10(2)15-9)19-11-3-5-17(6-4-11)13(18)8-14/h7,11H,3-6,8H2,1-2H3. The van der Waals surface area contributed by atoms with Crippen molar-refractivity contribution in [3.05, 3.63) is 17.6 Å². The number of rotatable bonds is 3. The van der Waals surface area contributed by atoms with Crippen molar-refractivity contribution in [1.29, 1.82) is 0 Å². The summed E-state index contributed by atoms with van der Waals surface area (Å²) >= 11 is 5.55. The Labute approximate surface area is 117 Å². The largest absolute Gasteiger partial charge is 0.474 e. The van der Waals surface area contributed by atoms with Crippen molar-refractivity contribution in [2.75, 3.05) is 19.0 Å². The van der Waals surface area contributed by atoms with Crippen LogP contribution in [0.4, 0.5) is 0 Å². The molecule has 1 aliphatic rings. The first-order valence-corrected chi connectivity index (χ1v) is 6.94. The van der Waals surface area contributed by atoms with Gasteiger partial charge >= 0.3 is 0 Å². The zero-order valence-corrected chi connectivity index (χ0v) is 12.0. The van der Waals surface area contributed by atoms with E-state index in [0.717, 1.165) is 18.5 Å². The van der Waals surface area contributed by atoms with Crippen LogP contribution in [-0.4, -0.2) is 45.8 Å². The molecule has 1 saturated heterocycles. The van der Waals surface area contributed by atoms with Gasteiger partial charge in [0.2, 0.25) is 11.8 Å². The van der Waals surface area contributed by atoms with E-state index in [-0.39, 0.29) is 17.9 Å². The molecule has 104 valence electrons. The molecule has 2 heterocycles. The van der Waals surface area contributed by atoms with Gasteiger partial charge in [-0.1, -0.05) is 0 Å². The number of hydrogen-bond acceptors (Lipinski definition) is 4. The van der Waals surface area contributed by atoms with Crippen molar-refractivity contribution in [2.24, 2.45) is 0 Å². The van der Waals surface area contributed by atoms with Crippen LogP contribution in [0.25, 0.3) is 0 Å². The van der Waals surface area contributed by atoms with Gasteiger partial charge in [-0.05, 0) is 13.8 Å². The van der Waals surface area contributed by atoms with Gasteiger partial charge in [0.15, 0.2) is 0 Å². The Hall–Kier alpha value is -1.36. The zero-order chi connectivity index (χ0) is 13.8. The van der Waals surface area contributed by atoms with Crippen molar-refractivity contribution >= 4 is 17.5 Å². The molecule has 0 aliphatic carbocycles. The van der Waals surface area contributed by atoms with E-state index in [2.05, 4.69) is 9.97 Å². The average Bonchev–Trinajstić information content (AvgIpc) is 2.37. The molecule has 0 bridgehead atoms. The number of carbonyl (C=O) groups is 1. The van der Waals surface area contributed by atoms with Crippen LogP contribution in [0.5, 0.6) is 5.88 Å². The van der Waals surface area contributed by atoms with Gasteiger partial charge in [0, 0.05) is 37.7 Å². The minimum Gasteiger partial charge on any atom is -0.474 e. The maximum Gasteiger partial charge on any atom is 0.237 e. The topological polar surface area (TPSA) is 55.3 Å². The minimum absolute atomic E-state index is 0.00570. The van der Waals surface area contributed by atoms with E-state index in [1.54, 1.807) is 4.90 Å². The Balaban J connectivity index is 1.90. The molecular formula is C13H18ClN3O2. The lowest BCUT2D eigenvalue weighted by atomic mass is 10.1. The number of halogens is 1. The number of piperidine rings is 1. The van der Waals surface area contributed by atoms with Gasteiger partial charge in [-0.3, -0.25) is 4.79 Å². The average molecular weight is 284 g/mol. The highest BCUT2D eigenvalue weighted by Gasteiger charge is 2.23. The van der Waals surface area contributed by atoms with Gasteiger partial charge in [0.05, 0.1) is 0 Å². The predicted octanol–water partition coefficient (Wildman–Crippen LogP) is 1.70. The van der Waals surface area contributed by atoms with Gasteiger partial charge in [-0.2, -0.15) is 4.98 Å². The first-order valence-electron chi connectivity index (χ1n) is 6.41. The van der Waals surface area contributed by atoms with E-state index in [0.29, 0.717) is 24.8 Å². The van der Waals surface area contributed by atoms with Crippen LogP contribution >= 0.6 is 11.6 Å². The molecule has 0 aromatic carbocycles. The summed E-state index contributed by atoms with van der Waals surface area (Å²) in [5.41, 5.74) is 0.900. The van der Waals surface area contributed by atoms with Gasteiger partial charge in [-0.15, -0.1) is 11.6 Å². The quantitative estimate of drug-likeness (QED) is 0.793. The molecular weight excluding hydrogens is 266 g/mol. The lowest BCUT2D eigenvalue weighted by Gasteiger charge is -2.31. The third kappa shape index (κ3) is 3.80. The van der Waals surface area contributed by atoms with E-state index < -0.39 is 0 Å². The summed E-state index contributed by atoms with van der Waals surface area (Å²) in [5, 5.41) is 0. The van der Waals surface area contributed by atoms with E-state index >= 15 is 0 Å². The Morgan fingerprint density at radius 3 is 2.68 bits per heavy atom. The third-order valence-corrected chi connectivity index (χ3v) is 3.37. The van der Waals surface area contributed by atoms with Crippen molar-refractivity contribution in [1.82, 2.24) is 14.9 Å². The molecule has 0 unspecified atom stereocenters. The summed E-state index contributed by atoms with van der Waals surface area (Å²) in [5.74, 6) is 1.38. The normalized spacial score (nSPS) is 16.5. The number of ether oxygens (including phenoxy) is 1. The van der Waals surface area contributed by atoms with Crippen molar-refractivity contribution < 1.29 is 9.53 Å². The summed E-state index contributed by atoms with van der Waals surface area (Å²) in [7, 11) is 0. The third-order valence-electron chi connectivity index (χ3n) is 3.14.